The first-order chi connectivity index (χ1) is 16.4. The van der Waals surface area contributed by atoms with Crippen molar-refractivity contribution in [3.8, 4) is 0 Å². The summed E-state index contributed by atoms with van der Waals surface area (Å²) in [6.45, 7) is 1.66. The number of thioether (sulfide) groups is 1. The van der Waals surface area contributed by atoms with E-state index in [1.54, 1.807) is 36.2 Å². The molecule has 2 aromatic carbocycles. The maximum atomic E-state index is 13.1. The molecule has 1 aliphatic carbocycles. The van der Waals surface area contributed by atoms with E-state index < -0.39 is 0 Å². The topological polar surface area (TPSA) is 75.2 Å². The number of Topliss-reactive ketones (excluding diaryl/α,β-unsaturated/α-hetero) is 1. The van der Waals surface area contributed by atoms with Crippen molar-refractivity contribution in [1.82, 2.24) is 9.97 Å². The quantitative estimate of drug-likeness (QED) is 0.403. The maximum Gasteiger partial charge on any atom is 0.263 e. The van der Waals surface area contributed by atoms with Crippen molar-refractivity contribution in [2.75, 3.05) is 16.1 Å². The number of rotatable bonds is 5. The molecule has 1 atom stereocenters. The predicted molar refractivity (Wildman–Crippen MR) is 137 cm³/mol. The van der Waals surface area contributed by atoms with Crippen LogP contribution in [0.5, 0.6) is 0 Å². The normalized spacial score (nSPS) is 17.2. The number of carbonyl (C=O) groups is 2. The van der Waals surface area contributed by atoms with Gasteiger partial charge >= 0.3 is 0 Å². The number of carbonyl (C=O) groups excluding carboxylic acids is 2. The molecule has 0 radical (unpaired) electrons. The van der Waals surface area contributed by atoms with Crippen LogP contribution in [0.1, 0.15) is 41.3 Å². The summed E-state index contributed by atoms with van der Waals surface area (Å²) in [7, 11) is 0. The van der Waals surface area contributed by atoms with Gasteiger partial charge < -0.3 is 10.1 Å². The number of nitrogens with zero attached hydrogens (tertiary/aromatic N) is 3. The number of hydrogen-bond acceptors (Lipinski definition) is 6. The summed E-state index contributed by atoms with van der Waals surface area (Å²) >= 11 is 14.0. The molecule has 3 aromatic rings. The van der Waals surface area contributed by atoms with Crippen molar-refractivity contribution in [2.24, 2.45) is 5.92 Å². The number of para-hydroxylation sites is 1. The van der Waals surface area contributed by atoms with Crippen LogP contribution in [-0.4, -0.2) is 27.5 Å². The van der Waals surface area contributed by atoms with Gasteiger partial charge in [0.15, 0.2) is 0 Å². The van der Waals surface area contributed by atoms with Crippen LogP contribution in [0.4, 0.5) is 17.3 Å². The van der Waals surface area contributed by atoms with E-state index in [1.807, 2.05) is 6.07 Å². The summed E-state index contributed by atoms with van der Waals surface area (Å²) in [6, 6.07) is 11.4. The summed E-state index contributed by atoms with van der Waals surface area (Å²) in [6.07, 6.45) is 5.12. The highest BCUT2D eigenvalue weighted by atomic mass is 35.5. The monoisotopic (exact) mass is 512 g/mol. The molecule has 6 nitrogen and oxygen atoms in total. The summed E-state index contributed by atoms with van der Waals surface area (Å²) in [5.74, 6) is 1.25. The molecule has 9 heteroatoms. The molecule has 1 amide bonds. The second kappa shape index (κ2) is 9.56. The molecule has 2 heterocycles. The molecule has 34 heavy (non-hydrogen) atoms. The van der Waals surface area contributed by atoms with Gasteiger partial charge in [-0.15, -0.1) is 0 Å². The Labute approximate surface area is 212 Å². The van der Waals surface area contributed by atoms with Gasteiger partial charge in [-0.2, -0.15) is 0 Å². The molecule has 174 valence electrons. The summed E-state index contributed by atoms with van der Waals surface area (Å²) in [5, 5.41) is 4.73. The molecule has 1 N–H and O–H groups in total. The van der Waals surface area contributed by atoms with Gasteiger partial charge in [-0.05, 0) is 67.5 Å². The minimum Gasteiger partial charge on any atom is -0.324 e. The zero-order valence-electron chi connectivity index (χ0n) is 18.5. The van der Waals surface area contributed by atoms with Crippen molar-refractivity contribution >= 4 is 64.0 Å². The van der Waals surface area contributed by atoms with Crippen LogP contribution in [0.2, 0.25) is 10.0 Å². The first kappa shape index (κ1) is 23.1. The van der Waals surface area contributed by atoms with Gasteiger partial charge in [0.25, 0.3) is 5.91 Å². The second-order valence-corrected chi connectivity index (χ2v) is 10.4. The first-order valence-corrected chi connectivity index (χ1v) is 12.8. The van der Waals surface area contributed by atoms with Crippen molar-refractivity contribution in [1.29, 1.82) is 0 Å². The molecular formula is C25H22Cl2N4O2S. The lowest BCUT2D eigenvalue weighted by Crippen LogP contribution is -2.35. The third-order valence-electron chi connectivity index (χ3n) is 6.14. The van der Waals surface area contributed by atoms with Crippen LogP contribution >= 0.6 is 35.0 Å². The Hall–Kier alpha value is -2.61. The number of aromatic nitrogens is 2. The van der Waals surface area contributed by atoms with Crippen LogP contribution in [0, 0.1) is 5.92 Å². The van der Waals surface area contributed by atoms with Gasteiger partial charge in [-0.3, -0.25) is 9.69 Å². The standard InChI is InChI=1S/C25H22Cl2N4O2S/c1-14(32)9-15-5-6-17-11-18(8-7-16(17)10-15)29-25-28-12-19-23(30-25)34-13-31(24(19)33)22-20(26)3-2-4-21(22)27/h2-4,7-8,11-12,15H,5-6,9-10,13H2,1H3,(H,28,29,30). The van der Waals surface area contributed by atoms with E-state index in [-0.39, 0.29) is 11.7 Å². The van der Waals surface area contributed by atoms with Crippen LogP contribution in [0.3, 0.4) is 0 Å². The maximum absolute atomic E-state index is 13.1. The van der Waals surface area contributed by atoms with Gasteiger partial charge in [0.05, 0.1) is 27.2 Å². The molecule has 2 aliphatic rings. The highest BCUT2D eigenvalue weighted by Crippen LogP contribution is 2.39. The van der Waals surface area contributed by atoms with Gasteiger partial charge in [-0.25, -0.2) is 9.97 Å². The van der Waals surface area contributed by atoms with E-state index in [9.17, 15) is 9.59 Å². The van der Waals surface area contributed by atoms with Crippen LogP contribution in [0.15, 0.2) is 47.6 Å². The lowest BCUT2D eigenvalue weighted by Gasteiger charge is -2.28. The molecule has 1 aliphatic heterocycles. The number of nitrogens with one attached hydrogen (secondary N) is 1. The van der Waals surface area contributed by atoms with Crippen molar-refractivity contribution < 1.29 is 9.59 Å². The molecule has 0 saturated heterocycles. The lowest BCUT2D eigenvalue weighted by molar-refractivity contribution is -0.117. The zero-order chi connectivity index (χ0) is 23.8. The summed E-state index contributed by atoms with van der Waals surface area (Å²) in [4.78, 5) is 35.1. The smallest absolute Gasteiger partial charge is 0.263 e. The van der Waals surface area contributed by atoms with Gasteiger partial charge in [-0.1, -0.05) is 47.1 Å². The Morgan fingerprint density at radius 1 is 1.21 bits per heavy atom. The highest BCUT2D eigenvalue weighted by molar-refractivity contribution is 7.99. The molecule has 1 unspecified atom stereocenters. The Bertz CT molecular complexity index is 1280. The average Bonchev–Trinajstić information content (AvgIpc) is 2.80. The number of benzene rings is 2. The molecule has 0 spiro atoms. The molecule has 5 rings (SSSR count). The van der Waals surface area contributed by atoms with Crippen molar-refractivity contribution in [2.45, 2.75) is 37.6 Å². The van der Waals surface area contributed by atoms with E-state index >= 15 is 0 Å². The number of ketones is 1. The number of anilines is 3. The summed E-state index contributed by atoms with van der Waals surface area (Å²) < 4.78 is 0. The fraction of sp³-hybridized carbons (Fsp3) is 0.280. The third-order valence-corrected chi connectivity index (χ3v) is 7.72. The number of halogens is 2. The van der Waals surface area contributed by atoms with E-state index in [0.717, 1.165) is 24.9 Å². The van der Waals surface area contributed by atoms with E-state index in [2.05, 4.69) is 27.4 Å². The zero-order valence-corrected chi connectivity index (χ0v) is 20.8. The molecular weight excluding hydrogens is 491 g/mol. The number of amides is 1. The Kier molecular flexibility index (Phi) is 6.51. The average molecular weight is 513 g/mol. The molecule has 0 fully saturated rings. The predicted octanol–water partition coefficient (Wildman–Crippen LogP) is 6.32. The Balaban J connectivity index is 1.33. The van der Waals surface area contributed by atoms with Gasteiger partial charge in [0.2, 0.25) is 5.95 Å². The minimum absolute atomic E-state index is 0.232. The Morgan fingerprint density at radius 2 is 2.00 bits per heavy atom. The molecule has 0 saturated carbocycles. The van der Waals surface area contributed by atoms with Crippen molar-refractivity contribution in [3.05, 3.63) is 69.3 Å². The summed E-state index contributed by atoms with van der Waals surface area (Å²) in [5.41, 5.74) is 4.41. The number of fused-ring (bicyclic) bond motifs is 2. The lowest BCUT2D eigenvalue weighted by atomic mass is 9.81. The minimum atomic E-state index is -0.232. The fourth-order valence-electron chi connectivity index (χ4n) is 4.54. The largest absolute Gasteiger partial charge is 0.324 e. The Morgan fingerprint density at radius 3 is 2.76 bits per heavy atom. The van der Waals surface area contributed by atoms with E-state index in [1.165, 1.54) is 22.9 Å². The van der Waals surface area contributed by atoms with Gasteiger partial charge in [0.1, 0.15) is 10.8 Å². The second-order valence-electron chi connectivity index (χ2n) is 8.61. The van der Waals surface area contributed by atoms with Crippen LogP contribution < -0.4 is 10.2 Å². The highest BCUT2D eigenvalue weighted by Gasteiger charge is 2.30. The van der Waals surface area contributed by atoms with Crippen molar-refractivity contribution in [3.63, 3.8) is 0 Å². The number of hydrogen-bond donors (Lipinski definition) is 1. The van der Waals surface area contributed by atoms with Crippen LogP contribution in [0.25, 0.3) is 0 Å². The fourth-order valence-corrected chi connectivity index (χ4v) is 6.09. The first-order valence-electron chi connectivity index (χ1n) is 11.0. The van der Waals surface area contributed by atoms with Gasteiger partial charge in [0, 0.05) is 18.3 Å². The molecule has 0 bridgehead atoms. The van der Waals surface area contributed by atoms with E-state index in [4.69, 9.17) is 23.2 Å². The number of aryl methyl sites for hydroxylation is 1. The SMILES string of the molecule is CC(=O)CC1CCc2cc(Nc3ncc4c(n3)SCN(c3c(Cl)cccc3Cl)C4=O)ccc2C1. The van der Waals surface area contributed by atoms with Crippen LogP contribution in [-0.2, 0) is 17.6 Å². The van der Waals surface area contributed by atoms with E-state index in [0.29, 0.717) is 50.5 Å². The third kappa shape index (κ3) is 4.65. The molecule has 1 aromatic heterocycles.